The monoisotopic (exact) mass is 250 g/mol. The summed E-state index contributed by atoms with van der Waals surface area (Å²) in [7, 11) is 0. The summed E-state index contributed by atoms with van der Waals surface area (Å²) in [6.07, 6.45) is 0. The van der Waals surface area contributed by atoms with E-state index in [9.17, 15) is 9.18 Å². The standard InChI is InChI=1S/C13H15FN2O2/c1-3-18-13(17)9(2)8-16-11-4-5-12(14)10(6-11)7-15/h4-6,9,16H,3,8H2,1-2H3. The molecule has 1 atom stereocenters. The Kier molecular flexibility index (Phi) is 5.12. The fourth-order valence-electron chi connectivity index (χ4n) is 1.36. The molecule has 0 aliphatic rings. The van der Waals surface area contributed by atoms with E-state index in [-0.39, 0.29) is 17.5 Å². The zero-order valence-corrected chi connectivity index (χ0v) is 10.4. The molecule has 1 N–H and O–H groups in total. The molecule has 0 fully saturated rings. The highest BCUT2D eigenvalue weighted by Crippen LogP contribution is 2.14. The van der Waals surface area contributed by atoms with Gasteiger partial charge in [0.1, 0.15) is 11.9 Å². The number of hydrogen-bond donors (Lipinski definition) is 1. The Labute approximate surface area is 105 Å². The first kappa shape index (κ1) is 14.0. The van der Waals surface area contributed by atoms with E-state index in [2.05, 4.69) is 5.32 Å². The Bertz CT molecular complexity index is 469. The third-order valence-electron chi connectivity index (χ3n) is 2.39. The van der Waals surface area contributed by atoms with Gasteiger partial charge in [0, 0.05) is 12.2 Å². The molecule has 0 amide bonds. The lowest BCUT2D eigenvalue weighted by Gasteiger charge is -2.12. The lowest BCUT2D eigenvalue weighted by molar-refractivity contribution is -0.146. The van der Waals surface area contributed by atoms with Crippen LogP contribution in [0.5, 0.6) is 0 Å². The van der Waals surface area contributed by atoms with Crippen molar-refractivity contribution in [2.45, 2.75) is 13.8 Å². The fourth-order valence-corrected chi connectivity index (χ4v) is 1.36. The minimum absolute atomic E-state index is 0.0243. The molecule has 5 heteroatoms. The van der Waals surface area contributed by atoms with Crippen LogP contribution >= 0.6 is 0 Å². The van der Waals surface area contributed by atoms with Crippen molar-refractivity contribution in [2.75, 3.05) is 18.5 Å². The van der Waals surface area contributed by atoms with Crippen LogP contribution in [0.2, 0.25) is 0 Å². The second-order valence-corrected chi connectivity index (χ2v) is 3.84. The van der Waals surface area contributed by atoms with E-state index < -0.39 is 5.82 Å². The maximum atomic E-state index is 13.1. The Balaban J connectivity index is 2.59. The van der Waals surface area contributed by atoms with Crippen LogP contribution in [0.1, 0.15) is 19.4 Å². The summed E-state index contributed by atoms with van der Waals surface area (Å²) in [5, 5.41) is 11.7. The molecule has 1 aromatic carbocycles. The second kappa shape index (κ2) is 6.60. The second-order valence-electron chi connectivity index (χ2n) is 3.84. The molecule has 0 saturated carbocycles. The van der Waals surface area contributed by atoms with Crippen LogP contribution in [0.15, 0.2) is 18.2 Å². The molecule has 1 unspecified atom stereocenters. The van der Waals surface area contributed by atoms with Crippen LogP contribution in [-0.4, -0.2) is 19.1 Å². The maximum Gasteiger partial charge on any atom is 0.310 e. The number of nitrogens with one attached hydrogen (secondary N) is 1. The summed E-state index contributed by atoms with van der Waals surface area (Å²) in [6.45, 7) is 4.20. The Morgan fingerprint density at radius 2 is 2.33 bits per heavy atom. The number of ether oxygens (including phenoxy) is 1. The number of carbonyl (C=O) groups excluding carboxylic acids is 1. The van der Waals surface area contributed by atoms with Crippen molar-refractivity contribution in [1.82, 2.24) is 0 Å². The van der Waals surface area contributed by atoms with Gasteiger partial charge in [-0.2, -0.15) is 5.26 Å². The smallest absolute Gasteiger partial charge is 0.310 e. The van der Waals surface area contributed by atoms with E-state index in [1.165, 1.54) is 18.2 Å². The van der Waals surface area contributed by atoms with Crippen molar-refractivity contribution in [1.29, 1.82) is 5.26 Å². The Hall–Kier alpha value is -2.09. The van der Waals surface area contributed by atoms with Crippen LogP contribution in [-0.2, 0) is 9.53 Å². The number of nitrogens with zero attached hydrogens (tertiary/aromatic N) is 1. The highest BCUT2D eigenvalue weighted by Gasteiger charge is 2.13. The molecule has 0 aliphatic carbocycles. The molecule has 0 spiro atoms. The number of nitriles is 1. The van der Waals surface area contributed by atoms with Crippen molar-refractivity contribution < 1.29 is 13.9 Å². The molecule has 0 saturated heterocycles. The van der Waals surface area contributed by atoms with E-state index in [1.807, 2.05) is 0 Å². The van der Waals surface area contributed by atoms with E-state index in [0.29, 0.717) is 18.8 Å². The molecular formula is C13H15FN2O2. The number of benzene rings is 1. The van der Waals surface area contributed by atoms with Gasteiger partial charge in [-0.25, -0.2) is 4.39 Å². The van der Waals surface area contributed by atoms with E-state index in [1.54, 1.807) is 19.9 Å². The minimum atomic E-state index is -0.554. The van der Waals surface area contributed by atoms with Gasteiger partial charge < -0.3 is 10.1 Å². The first-order valence-electron chi connectivity index (χ1n) is 5.68. The van der Waals surface area contributed by atoms with Crippen molar-refractivity contribution in [3.8, 4) is 6.07 Å². The van der Waals surface area contributed by atoms with Gasteiger partial charge in [0.25, 0.3) is 0 Å². The van der Waals surface area contributed by atoms with Crippen LogP contribution in [0, 0.1) is 23.1 Å². The van der Waals surface area contributed by atoms with Crippen molar-refractivity contribution >= 4 is 11.7 Å². The minimum Gasteiger partial charge on any atom is -0.466 e. The number of anilines is 1. The predicted octanol–water partition coefficient (Wildman–Crippen LogP) is 2.31. The van der Waals surface area contributed by atoms with E-state index in [0.717, 1.165) is 0 Å². The lowest BCUT2D eigenvalue weighted by atomic mass is 10.1. The molecule has 96 valence electrons. The average molecular weight is 250 g/mol. The van der Waals surface area contributed by atoms with Gasteiger partial charge in [0.15, 0.2) is 0 Å². The van der Waals surface area contributed by atoms with Crippen molar-refractivity contribution in [2.24, 2.45) is 5.92 Å². The summed E-state index contributed by atoms with van der Waals surface area (Å²) in [5.41, 5.74) is 0.577. The number of esters is 1. The summed E-state index contributed by atoms with van der Waals surface area (Å²) in [5.74, 6) is -1.14. The quantitative estimate of drug-likeness (QED) is 0.814. The van der Waals surface area contributed by atoms with Gasteiger partial charge in [-0.1, -0.05) is 6.92 Å². The summed E-state index contributed by atoms with van der Waals surface area (Å²) >= 11 is 0. The number of hydrogen-bond acceptors (Lipinski definition) is 4. The molecule has 0 aromatic heterocycles. The first-order chi connectivity index (χ1) is 8.58. The normalized spacial score (nSPS) is 11.4. The van der Waals surface area contributed by atoms with Crippen molar-refractivity contribution in [3.05, 3.63) is 29.6 Å². The summed E-state index contributed by atoms with van der Waals surface area (Å²) in [4.78, 5) is 11.4. The number of carbonyl (C=O) groups is 1. The average Bonchev–Trinajstić information content (AvgIpc) is 2.37. The van der Waals surface area contributed by atoms with Crippen molar-refractivity contribution in [3.63, 3.8) is 0 Å². The predicted molar refractivity (Wildman–Crippen MR) is 65.4 cm³/mol. The highest BCUT2D eigenvalue weighted by molar-refractivity contribution is 5.72. The molecule has 1 rings (SSSR count). The molecule has 0 heterocycles. The van der Waals surface area contributed by atoms with Gasteiger partial charge in [-0.15, -0.1) is 0 Å². The zero-order chi connectivity index (χ0) is 13.5. The molecule has 0 bridgehead atoms. The van der Waals surface area contributed by atoms with Gasteiger partial charge >= 0.3 is 5.97 Å². The molecule has 0 aliphatic heterocycles. The third-order valence-corrected chi connectivity index (χ3v) is 2.39. The number of rotatable bonds is 5. The molecule has 18 heavy (non-hydrogen) atoms. The topological polar surface area (TPSA) is 62.1 Å². The highest BCUT2D eigenvalue weighted by atomic mass is 19.1. The van der Waals surface area contributed by atoms with Crippen LogP contribution in [0.4, 0.5) is 10.1 Å². The summed E-state index contributed by atoms with van der Waals surface area (Å²) in [6, 6.07) is 5.91. The largest absolute Gasteiger partial charge is 0.466 e. The first-order valence-corrected chi connectivity index (χ1v) is 5.68. The van der Waals surface area contributed by atoms with Gasteiger partial charge in [0.2, 0.25) is 0 Å². The molecule has 4 nitrogen and oxygen atoms in total. The Morgan fingerprint density at radius 1 is 1.61 bits per heavy atom. The van der Waals surface area contributed by atoms with E-state index in [4.69, 9.17) is 10.00 Å². The van der Waals surface area contributed by atoms with E-state index >= 15 is 0 Å². The molecule has 1 aromatic rings. The van der Waals surface area contributed by atoms with Crippen LogP contribution < -0.4 is 5.32 Å². The zero-order valence-electron chi connectivity index (χ0n) is 10.4. The Morgan fingerprint density at radius 3 is 2.94 bits per heavy atom. The van der Waals surface area contributed by atoms with Gasteiger partial charge in [-0.05, 0) is 25.1 Å². The SMILES string of the molecule is CCOC(=O)C(C)CNc1ccc(F)c(C#N)c1. The third kappa shape index (κ3) is 3.74. The van der Waals surface area contributed by atoms with Gasteiger partial charge in [-0.3, -0.25) is 4.79 Å². The number of halogens is 1. The summed E-state index contributed by atoms with van der Waals surface area (Å²) < 4.78 is 17.9. The lowest BCUT2D eigenvalue weighted by Crippen LogP contribution is -2.22. The van der Waals surface area contributed by atoms with Crippen LogP contribution in [0.3, 0.4) is 0 Å². The molecule has 0 radical (unpaired) electrons. The molecular weight excluding hydrogens is 235 g/mol. The fraction of sp³-hybridized carbons (Fsp3) is 0.385. The maximum absolute atomic E-state index is 13.1. The van der Waals surface area contributed by atoms with Gasteiger partial charge in [0.05, 0.1) is 18.1 Å². The van der Waals surface area contributed by atoms with Crippen LogP contribution in [0.25, 0.3) is 0 Å².